The third-order valence-electron chi connectivity index (χ3n) is 7.91. The first kappa shape index (κ1) is 29.4. The van der Waals surface area contributed by atoms with Gasteiger partial charge in [-0.15, -0.1) is 0 Å². The SMILES string of the molecule is CCCCC1(CCCC)[O][Sn]([CH2]CCC)([CH2]CCC)[CH2]CC1(Oc1ccccc1)Oc1ccccc1. The zero-order valence-electron chi connectivity index (χ0n) is 23.4. The second kappa shape index (κ2) is 14.7. The fourth-order valence-corrected chi connectivity index (χ4v) is 20.2. The van der Waals surface area contributed by atoms with Gasteiger partial charge in [-0.1, -0.05) is 0 Å². The van der Waals surface area contributed by atoms with Gasteiger partial charge in [0.15, 0.2) is 0 Å². The van der Waals surface area contributed by atoms with Gasteiger partial charge < -0.3 is 0 Å². The van der Waals surface area contributed by atoms with Crippen LogP contribution in [0.1, 0.15) is 98.3 Å². The van der Waals surface area contributed by atoms with Crippen LogP contribution in [-0.2, 0) is 3.07 Å². The maximum absolute atomic E-state index is 7.79. The summed E-state index contributed by atoms with van der Waals surface area (Å²) in [5, 5.41) is 0. The van der Waals surface area contributed by atoms with E-state index in [9.17, 15) is 0 Å². The van der Waals surface area contributed by atoms with Crippen LogP contribution in [0.15, 0.2) is 60.7 Å². The number of rotatable bonds is 16. The normalized spacial score (nSPS) is 18.0. The van der Waals surface area contributed by atoms with Crippen molar-refractivity contribution in [2.75, 3.05) is 0 Å². The fraction of sp³-hybridized carbons (Fsp3) is 0.625. The van der Waals surface area contributed by atoms with Crippen LogP contribution in [0.2, 0.25) is 13.3 Å². The molecule has 0 N–H and O–H groups in total. The van der Waals surface area contributed by atoms with E-state index in [0.29, 0.717) is 0 Å². The van der Waals surface area contributed by atoms with Gasteiger partial charge in [-0.25, -0.2) is 0 Å². The summed E-state index contributed by atoms with van der Waals surface area (Å²) >= 11 is -2.89. The van der Waals surface area contributed by atoms with Crippen LogP contribution in [0.4, 0.5) is 0 Å². The Labute approximate surface area is 225 Å². The minimum absolute atomic E-state index is 0.416. The van der Waals surface area contributed by atoms with Gasteiger partial charge >= 0.3 is 227 Å². The first-order chi connectivity index (χ1) is 17.6. The van der Waals surface area contributed by atoms with Gasteiger partial charge in [0, 0.05) is 0 Å². The molecule has 3 nitrogen and oxygen atoms in total. The molecular weight excluding hydrogens is 551 g/mol. The first-order valence-electron chi connectivity index (χ1n) is 14.7. The molecule has 0 aliphatic carbocycles. The van der Waals surface area contributed by atoms with Crippen molar-refractivity contribution >= 4 is 18.8 Å². The summed E-state index contributed by atoms with van der Waals surface area (Å²) in [6.45, 7) is 9.23. The zero-order valence-corrected chi connectivity index (χ0v) is 26.3. The van der Waals surface area contributed by atoms with E-state index in [1.165, 1.54) is 39.0 Å². The molecule has 1 saturated heterocycles. The van der Waals surface area contributed by atoms with Crippen LogP contribution < -0.4 is 9.47 Å². The van der Waals surface area contributed by atoms with Crippen LogP contribution in [0, 0.1) is 0 Å². The van der Waals surface area contributed by atoms with Crippen LogP contribution in [0.3, 0.4) is 0 Å². The summed E-state index contributed by atoms with van der Waals surface area (Å²) in [7, 11) is 0. The Morgan fingerprint density at radius 3 is 1.53 bits per heavy atom. The molecule has 0 atom stereocenters. The van der Waals surface area contributed by atoms with Crippen LogP contribution in [-0.4, -0.2) is 30.2 Å². The molecule has 2 aromatic carbocycles. The van der Waals surface area contributed by atoms with Gasteiger partial charge in [-0.05, 0) is 0 Å². The molecule has 1 aliphatic rings. The third kappa shape index (κ3) is 7.43. The van der Waals surface area contributed by atoms with Crippen molar-refractivity contribution in [3.8, 4) is 11.5 Å². The molecule has 0 amide bonds. The van der Waals surface area contributed by atoms with Crippen molar-refractivity contribution in [3.63, 3.8) is 0 Å². The van der Waals surface area contributed by atoms with Gasteiger partial charge in [0.2, 0.25) is 0 Å². The Hall–Kier alpha value is -1.20. The monoisotopic (exact) mass is 602 g/mol. The van der Waals surface area contributed by atoms with E-state index in [4.69, 9.17) is 12.5 Å². The second-order valence-corrected chi connectivity index (χ2v) is 22.4. The quantitative estimate of drug-likeness (QED) is 0.142. The summed E-state index contributed by atoms with van der Waals surface area (Å²) in [4.78, 5) is 0. The summed E-state index contributed by atoms with van der Waals surface area (Å²) < 4.78 is 25.7. The van der Waals surface area contributed by atoms with Crippen molar-refractivity contribution in [2.45, 2.75) is 123 Å². The third-order valence-corrected chi connectivity index (χ3v) is 20.8. The predicted octanol–water partition coefficient (Wildman–Crippen LogP) is 9.93. The van der Waals surface area contributed by atoms with Gasteiger partial charge in [0.1, 0.15) is 0 Å². The molecule has 1 fully saturated rings. The Bertz CT molecular complexity index is 797. The Morgan fingerprint density at radius 2 is 1.11 bits per heavy atom. The van der Waals surface area contributed by atoms with Crippen molar-refractivity contribution in [1.82, 2.24) is 0 Å². The summed E-state index contributed by atoms with van der Waals surface area (Å²) in [5.41, 5.74) is -0.416. The molecule has 36 heavy (non-hydrogen) atoms. The van der Waals surface area contributed by atoms with E-state index in [-0.39, 0.29) is 0 Å². The van der Waals surface area contributed by atoms with Crippen molar-refractivity contribution < 1.29 is 12.5 Å². The molecule has 0 spiro atoms. The molecule has 3 rings (SSSR count). The Balaban J connectivity index is 2.13. The number of benzene rings is 2. The Kier molecular flexibility index (Phi) is 12.0. The second-order valence-electron chi connectivity index (χ2n) is 10.8. The van der Waals surface area contributed by atoms with E-state index >= 15 is 0 Å². The fourth-order valence-electron chi connectivity index (χ4n) is 5.84. The van der Waals surface area contributed by atoms with Crippen LogP contribution >= 0.6 is 0 Å². The van der Waals surface area contributed by atoms with Gasteiger partial charge in [0.25, 0.3) is 0 Å². The molecule has 200 valence electrons. The molecule has 0 unspecified atom stereocenters. The number of hydrogen-bond donors (Lipinski definition) is 0. The van der Waals surface area contributed by atoms with E-state index < -0.39 is 30.2 Å². The maximum atomic E-state index is 7.79. The molecule has 2 aromatic rings. The van der Waals surface area contributed by atoms with Gasteiger partial charge in [-0.3, -0.25) is 0 Å². The molecule has 4 heteroatoms. The van der Waals surface area contributed by atoms with Gasteiger partial charge in [-0.2, -0.15) is 0 Å². The molecule has 0 aromatic heterocycles. The minimum atomic E-state index is -2.89. The zero-order chi connectivity index (χ0) is 25.7. The van der Waals surface area contributed by atoms with E-state index in [2.05, 4.69) is 76.2 Å². The standard InChI is InChI=1S/C24H32O3.2C4H9.Sn/c1-4-7-19-23(25,20-8-5-2)24(6-3,26-21-15-11-9-12-16-21)27-22-17-13-10-14-18-22;2*1-3-4-2;/h9-18H,3-8,19-20H2,1-2H3;2*1,3-4H2,2H3;/q-1;;;+1. The average Bonchev–Trinajstić information content (AvgIpc) is 2.91. The molecular formula is C32H50O3Sn. The average molecular weight is 601 g/mol. The number of ether oxygens (including phenoxy) is 2. The van der Waals surface area contributed by atoms with E-state index in [1.54, 1.807) is 0 Å². The van der Waals surface area contributed by atoms with Crippen molar-refractivity contribution in [2.24, 2.45) is 0 Å². The van der Waals surface area contributed by atoms with Gasteiger partial charge in [0.05, 0.1) is 0 Å². The molecule has 1 heterocycles. The summed E-state index contributed by atoms with van der Waals surface area (Å²) in [5.74, 6) is 0.928. The number of unbranched alkanes of at least 4 members (excludes halogenated alkanes) is 4. The molecule has 0 radical (unpaired) electrons. The number of para-hydroxylation sites is 2. The molecule has 0 bridgehead atoms. The predicted molar refractivity (Wildman–Crippen MR) is 154 cm³/mol. The summed E-state index contributed by atoms with van der Waals surface area (Å²) in [6.07, 6.45) is 12.6. The summed E-state index contributed by atoms with van der Waals surface area (Å²) in [6, 6.07) is 20.6. The first-order valence-corrected chi connectivity index (χ1v) is 22.0. The van der Waals surface area contributed by atoms with Crippen LogP contribution in [0.25, 0.3) is 0 Å². The van der Waals surface area contributed by atoms with E-state index in [0.717, 1.165) is 56.4 Å². The van der Waals surface area contributed by atoms with E-state index in [1.807, 2.05) is 12.1 Å². The molecule has 0 saturated carbocycles. The number of hydrogen-bond acceptors (Lipinski definition) is 3. The van der Waals surface area contributed by atoms with Crippen molar-refractivity contribution in [3.05, 3.63) is 60.7 Å². The Morgan fingerprint density at radius 1 is 0.667 bits per heavy atom. The topological polar surface area (TPSA) is 27.7 Å². The molecule has 1 aliphatic heterocycles. The van der Waals surface area contributed by atoms with Crippen LogP contribution in [0.5, 0.6) is 11.5 Å². The van der Waals surface area contributed by atoms with Crippen molar-refractivity contribution in [1.29, 1.82) is 0 Å².